The Morgan fingerprint density at radius 1 is 1.48 bits per heavy atom. The van der Waals surface area contributed by atoms with Crippen LogP contribution in [0.25, 0.3) is 11.0 Å². The summed E-state index contributed by atoms with van der Waals surface area (Å²) in [5.74, 6) is 2.22. The molecule has 2 unspecified atom stereocenters. The summed E-state index contributed by atoms with van der Waals surface area (Å²) in [5.41, 5.74) is 1.87. The van der Waals surface area contributed by atoms with Crippen molar-refractivity contribution in [2.24, 2.45) is 0 Å². The second-order valence-corrected chi connectivity index (χ2v) is 7.12. The maximum atomic E-state index is 11.7. The zero-order valence-corrected chi connectivity index (χ0v) is 14.2. The Morgan fingerprint density at radius 3 is 2.86 bits per heavy atom. The monoisotopic (exact) mass is 328 g/mol. The van der Waals surface area contributed by atoms with Crippen molar-refractivity contribution in [1.29, 1.82) is 0 Å². The van der Waals surface area contributed by atoms with Crippen LogP contribution in [-0.4, -0.2) is 37.8 Å². The lowest BCUT2D eigenvalue weighted by Gasteiger charge is -2.13. The van der Waals surface area contributed by atoms with Gasteiger partial charge in [0.1, 0.15) is 17.1 Å². The number of rotatable bonds is 7. The minimum atomic E-state index is -0.872. The number of alkyl halides is 1. The second-order valence-electron chi connectivity index (χ2n) is 4.94. The predicted molar refractivity (Wildman–Crippen MR) is 88.9 cm³/mol. The molecule has 0 N–H and O–H groups in total. The van der Waals surface area contributed by atoms with Gasteiger partial charge in [0.25, 0.3) is 0 Å². The fourth-order valence-electron chi connectivity index (χ4n) is 2.28. The smallest absolute Gasteiger partial charge is 0.147 e. The predicted octanol–water partition coefficient (Wildman–Crippen LogP) is 2.98. The summed E-state index contributed by atoms with van der Waals surface area (Å²) in [6.07, 6.45) is 2.42. The van der Waals surface area contributed by atoms with Crippen LogP contribution in [0.2, 0.25) is 0 Å². The molecule has 2 aromatic rings. The molecule has 0 amide bonds. The average Bonchev–Trinajstić information content (AvgIpc) is 2.79. The maximum absolute atomic E-state index is 11.7. The van der Waals surface area contributed by atoms with E-state index in [1.165, 1.54) is 0 Å². The number of halogens is 1. The third kappa shape index (κ3) is 3.58. The Hall–Kier alpha value is -1.07. The highest BCUT2D eigenvalue weighted by Gasteiger charge is 2.17. The molecule has 1 heterocycles. The summed E-state index contributed by atoms with van der Waals surface area (Å²) < 4.78 is 19.4. The Balaban J connectivity index is 2.52. The van der Waals surface area contributed by atoms with E-state index in [1.54, 1.807) is 6.26 Å². The van der Waals surface area contributed by atoms with Gasteiger partial charge in [-0.25, -0.2) is 4.98 Å². The molecule has 0 fully saturated rings. The molecule has 1 aromatic carbocycles. The second kappa shape index (κ2) is 7.27. The van der Waals surface area contributed by atoms with E-state index in [4.69, 9.17) is 16.3 Å². The number of nitrogens with zero attached hydrogens (tertiary/aromatic N) is 2. The van der Waals surface area contributed by atoms with E-state index in [2.05, 4.69) is 9.55 Å². The highest BCUT2D eigenvalue weighted by molar-refractivity contribution is 7.84. The number of aryl methyl sites for hydroxylation is 1. The lowest BCUT2D eigenvalue weighted by Crippen LogP contribution is -2.19. The standard InChI is InChI=1S/C15H21ClN2O2S/c1-4-20-13-7-5-6-12-15(13)17-14(8-9-16)18(12)10-11(2)21(3)19/h5-7,11H,4,8-10H2,1-3H3. The van der Waals surface area contributed by atoms with Gasteiger partial charge in [-0.05, 0) is 26.0 Å². The zero-order valence-electron chi connectivity index (χ0n) is 12.6. The molecule has 6 heteroatoms. The van der Waals surface area contributed by atoms with Crippen molar-refractivity contribution in [3.8, 4) is 5.75 Å². The van der Waals surface area contributed by atoms with Crippen LogP contribution in [0.3, 0.4) is 0 Å². The summed E-state index contributed by atoms with van der Waals surface area (Å²) in [6, 6.07) is 5.91. The van der Waals surface area contributed by atoms with E-state index in [9.17, 15) is 4.21 Å². The number of hydrogen-bond donors (Lipinski definition) is 0. The molecule has 0 bridgehead atoms. The molecule has 0 aliphatic heterocycles. The number of aromatic nitrogens is 2. The first-order valence-corrected chi connectivity index (χ1v) is 9.23. The van der Waals surface area contributed by atoms with Crippen LogP contribution in [0.4, 0.5) is 0 Å². The lowest BCUT2D eigenvalue weighted by atomic mass is 10.3. The molecule has 1 aromatic heterocycles. The molecule has 0 aliphatic carbocycles. The van der Waals surface area contributed by atoms with Gasteiger partial charge in [0, 0.05) is 41.2 Å². The van der Waals surface area contributed by atoms with Gasteiger partial charge in [-0.3, -0.25) is 4.21 Å². The number of benzene rings is 1. The van der Waals surface area contributed by atoms with Gasteiger partial charge in [-0.15, -0.1) is 11.6 Å². The first-order chi connectivity index (χ1) is 10.1. The van der Waals surface area contributed by atoms with Crippen LogP contribution < -0.4 is 4.74 Å². The first-order valence-electron chi connectivity index (χ1n) is 7.07. The topological polar surface area (TPSA) is 44.1 Å². The third-order valence-corrected chi connectivity index (χ3v) is 4.92. The van der Waals surface area contributed by atoms with E-state index < -0.39 is 10.8 Å². The van der Waals surface area contributed by atoms with Gasteiger partial charge < -0.3 is 9.30 Å². The number of hydrogen-bond acceptors (Lipinski definition) is 3. The fraction of sp³-hybridized carbons (Fsp3) is 0.533. The van der Waals surface area contributed by atoms with E-state index in [0.29, 0.717) is 25.5 Å². The van der Waals surface area contributed by atoms with Gasteiger partial charge in [0.2, 0.25) is 0 Å². The average molecular weight is 329 g/mol. The van der Waals surface area contributed by atoms with Gasteiger partial charge >= 0.3 is 0 Å². The molecule has 0 aliphatic rings. The van der Waals surface area contributed by atoms with Crippen LogP contribution in [-0.2, 0) is 23.8 Å². The highest BCUT2D eigenvalue weighted by Crippen LogP contribution is 2.27. The first kappa shape index (κ1) is 16.3. The Bertz CT molecular complexity index is 642. The Labute approximate surface area is 132 Å². The summed E-state index contributed by atoms with van der Waals surface area (Å²) in [6.45, 7) is 5.21. The van der Waals surface area contributed by atoms with Crippen molar-refractivity contribution in [3.63, 3.8) is 0 Å². The number of para-hydroxylation sites is 1. The fourth-order valence-corrected chi connectivity index (χ4v) is 2.81. The van der Waals surface area contributed by atoms with Crippen molar-refractivity contribution in [3.05, 3.63) is 24.0 Å². The highest BCUT2D eigenvalue weighted by atomic mass is 35.5. The molecule has 0 radical (unpaired) electrons. The van der Waals surface area contributed by atoms with Gasteiger partial charge in [0.15, 0.2) is 0 Å². The third-order valence-electron chi connectivity index (χ3n) is 3.45. The SMILES string of the molecule is CCOc1cccc2c1nc(CCCl)n2CC(C)S(C)=O. The molecule has 116 valence electrons. The van der Waals surface area contributed by atoms with Crippen LogP contribution >= 0.6 is 11.6 Å². The molecule has 0 saturated carbocycles. The lowest BCUT2D eigenvalue weighted by molar-refractivity contribution is 0.343. The quantitative estimate of drug-likeness (QED) is 0.734. The molecular formula is C15H21ClN2O2S. The molecule has 21 heavy (non-hydrogen) atoms. The molecule has 0 spiro atoms. The Kier molecular flexibility index (Phi) is 5.65. The largest absolute Gasteiger partial charge is 0.492 e. The summed E-state index contributed by atoms with van der Waals surface area (Å²) >= 11 is 5.89. The molecule has 2 atom stereocenters. The maximum Gasteiger partial charge on any atom is 0.147 e. The molecular weight excluding hydrogens is 308 g/mol. The van der Waals surface area contributed by atoms with E-state index in [0.717, 1.165) is 22.6 Å². The minimum absolute atomic E-state index is 0.0622. The van der Waals surface area contributed by atoms with E-state index in [1.807, 2.05) is 32.0 Å². The normalized spacial score (nSPS) is 14.3. The molecule has 4 nitrogen and oxygen atoms in total. The number of fused-ring (bicyclic) bond motifs is 1. The van der Waals surface area contributed by atoms with Crippen molar-refractivity contribution < 1.29 is 8.95 Å². The Morgan fingerprint density at radius 2 is 2.24 bits per heavy atom. The molecule has 0 saturated heterocycles. The van der Waals surface area contributed by atoms with Crippen molar-refractivity contribution in [2.75, 3.05) is 18.7 Å². The summed E-state index contributed by atoms with van der Waals surface area (Å²) in [5, 5.41) is 0.0622. The van der Waals surface area contributed by atoms with E-state index >= 15 is 0 Å². The van der Waals surface area contributed by atoms with Gasteiger partial charge in [-0.2, -0.15) is 0 Å². The van der Waals surface area contributed by atoms with Crippen LogP contribution in [0, 0.1) is 0 Å². The number of ether oxygens (including phenoxy) is 1. The minimum Gasteiger partial charge on any atom is -0.492 e. The van der Waals surface area contributed by atoms with Crippen molar-refractivity contribution in [2.45, 2.75) is 32.1 Å². The zero-order chi connectivity index (χ0) is 15.4. The summed E-state index contributed by atoms with van der Waals surface area (Å²) in [4.78, 5) is 4.69. The van der Waals surface area contributed by atoms with Crippen molar-refractivity contribution in [1.82, 2.24) is 9.55 Å². The number of imidazole rings is 1. The van der Waals surface area contributed by atoms with Gasteiger partial charge in [-0.1, -0.05) is 6.07 Å². The van der Waals surface area contributed by atoms with Crippen molar-refractivity contribution >= 4 is 33.4 Å². The van der Waals surface area contributed by atoms with Crippen LogP contribution in [0.1, 0.15) is 19.7 Å². The summed E-state index contributed by atoms with van der Waals surface area (Å²) in [7, 11) is -0.872. The molecule has 2 rings (SSSR count). The van der Waals surface area contributed by atoms with Gasteiger partial charge in [0.05, 0.1) is 12.1 Å². The van der Waals surface area contributed by atoms with E-state index in [-0.39, 0.29) is 5.25 Å². The van der Waals surface area contributed by atoms with Crippen LogP contribution in [0.15, 0.2) is 18.2 Å². The van der Waals surface area contributed by atoms with Crippen LogP contribution in [0.5, 0.6) is 5.75 Å².